The summed E-state index contributed by atoms with van der Waals surface area (Å²) in [5.74, 6) is -2.76. The average Bonchev–Trinajstić information content (AvgIpc) is 2.59. The Morgan fingerprint density at radius 3 is 2.60 bits per heavy atom. The number of carboxylic acid groups (broad SMARTS) is 1. The van der Waals surface area contributed by atoms with Gasteiger partial charge in [-0.05, 0) is 24.1 Å². The molecule has 0 saturated carbocycles. The first-order valence-electron chi connectivity index (χ1n) is 8.34. The number of rotatable bonds is 3. The lowest BCUT2D eigenvalue weighted by Crippen LogP contribution is -2.64. The third-order valence-corrected chi connectivity index (χ3v) is 5.19. The van der Waals surface area contributed by atoms with Crippen molar-refractivity contribution in [1.29, 1.82) is 0 Å². The van der Waals surface area contributed by atoms with Crippen molar-refractivity contribution in [2.24, 2.45) is 5.92 Å². The standard InChI is InChI=1S/C20H19NO4/c1-20-11-15(14-9-5-6-10-16(14)25-20)17(19(23)24)18(22)21(20)12-13-7-3-2-4-8-13/h2-10,15,17H,11-12H2,1H3,(H,23,24)/p-1/t15-,17+,20-/m1/s1. The van der Waals surface area contributed by atoms with Crippen LogP contribution in [0.25, 0.3) is 0 Å². The minimum atomic E-state index is -1.33. The van der Waals surface area contributed by atoms with E-state index in [4.69, 9.17) is 4.74 Å². The van der Waals surface area contributed by atoms with E-state index in [0.29, 0.717) is 18.7 Å². The van der Waals surface area contributed by atoms with Crippen molar-refractivity contribution in [2.45, 2.75) is 31.5 Å². The summed E-state index contributed by atoms with van der Waals surface area (Å²) >= 11 is 0. The molecule has 1 saturated heterocycles. The second-order valence-electron chi connectivity index (χ2n) is 6.83. The Labute approximate surface area is 145 Å². The van der Waals surface area contributed by atoms with E-state index >= 15 is 0 Å². The van der Waals surface area contributed by atoms with E-state index in [0.717, 1.165) is 11.1 Å². The minimum Gasteiger partial charge on any atom is -0.549 e. The van der Waals surface area contributed by atoms with Gasteiger partial charge in [0.25, 0.3) is 0 Å². The SMILES string of the molecule is C[C@]12C[C@H](c3ccccc3O1)[C@H](C(=O)[O-])C(=O)N2Cc1ccccc1. The van der Waals surface area contributed by atoms with Gasteiger partial charge in [-0.15, -0.1) is 0 Å². The van der Waals surface area contributed by atoms with Crippen LogP contribution in [0, 0.1) is 5.92 Å². The van der Waals surface area contributed by atoms with Crippen LogP contribution in [0.15, 0.2) is 54.6 Å². The van der Waals surface area contributed by atoms with Gasteiger partial charge in [-0.2, -0.15) is 0 Å². The second kappa shape index (κ2) is 5.62. The Balaban J connectivity index is 1.79. The van der Waals surface area contributed by atoms with E-state index in [9.17, 15) is 14.7 Å². The monoisotopic (exact) mass is 336 g/mol. The van der Waals surface area contributed by atoms with Crippen molar-refractivity contribution in [3.63, 3.8) is 0 Å². The Hall–Kier alpha value is -2.82. The maximum atomic E-state index is 13.0. The Kier molecular flexibility index (Phi) is 3.53. The fourth-order valence-corrected chi connectivity index (χ4v) is 3.99. The number of fused-ring (bicyclic) bond motifs is 4. The van der Waals surface area contributed by atoms with Crippen molar-refractivity contribution in [1.82, 2.24) is 4.90 Å². The summed E-state index contributed by atoms with van der Waals surface area (Å²) in [6.07, 6.45) is 0.432. The molecule has 4 rings (SSSR count). The van der Waals surface area contributed by atoms with Crippen molar-refractivity contribution < 1.29 is 19.4 Å². The number of piperidine rings is 1. The van der Waals surface area contributed by atoms with Gasteiger partial charge in [0.1, 0.15) is 5.75 Å². The molecule has 3 atom stereocenters. The quantitative estimate of drug-likeness (QED) is 0.800. The molecular formula is C20H18NO4-. The molecule has 5 nitrogen and oxygen atoms in total. The van der Waals surface area contributed by atoms with Gasteiger partial charge in [0.05, 0.1) is 11.9 Å². The number of nitrogens with zero attached hydrogens (tertiary/aromatic N) is 1. The van der Waals surface area contributed by atoms with Crippen LogP contribution in [0.3, 0.4) is 0 Å². The van der Waals surface area contributed by atoms with E-state index < -0.39 is 29.4 Å². The first kappa shape index (κ1) is 15.7. The van der Waals surface area contributed by atoms with Gasteiger partial charge < -0.3 is 14.6 Å². The third-order valence-electron chi connectivity index (χ3n) is 5.19. The number of hydrogen-bond donors (Lipinski definition) is 0. The molecule has 128 valence electrons. The normalized spacial score (nSPS) is 27.4. The molecule has 0 radical (unpaired) electrons. The maximum absolute atomic E-state index is 13.0. The average molecular weight is 336 g/mol. The fourth-order valence-electron chi connectivity index (χ4n) is 3.99. The molecule has 2 bridgehead atoms. The molecule has 0 N–H and O–H groups in total. The van der Waals surface area contributed by atoms with Crippen molar-refractivity contribution in [3.05, 3.63) is 65.7 Å². The minimum absolute atomic E-state index is 0.300. The summed E-state index contributed by atoms with van der Waals surface area (Å²) in [4.78, 5) is 26.3. The third kappa shape index (κ3) is 2.47. The highest BCUT2D eigenvalue weighted by Crippen LogP contribution is 2.50. The highest BCUT2D eigenvalue weighted by molar-refractivity contribution is 5.98. The molecule has 5 heteroatoms. The zero-order valence-electron chi connectivity index (χ0n) is 13.8. The van der Waals surface area contributed by atoms with E-state index in [1.165, 1.54) is 4.90 Å². The van der Waals surface area contributed by atoms with E-state index in [-0.39, 0.29) is 0 Å². The van der Waals surface area contributed by atoms with Crippen LogP contribution in [0.2, 0.25) is 0 Å². The number of carbonyl (C=O) groups excluding carboxylic acids is 2. The predicted octanol–water partition coefficient (Wildman–Crippen LogP) is 1.68. The van der Waals surface area contributed by atoms with Crippen molar-refractivity contribution in [3.8, 4) is 5.75 Å². The lowest BCUT2D eigenvalue weighted by Gasteiger charge is -2.53. The van der Waals surface area contributed by atoms with Gasteiger partial charge in [-0.25, -0.2) is 0 Å². The predicted molar refractivity (Wildman–Crippen MR) is 88.3 cm³/mol. The van der Waals surface area contributed by atoms with Crippen LogP contribution in [0.5, 0.6) is 5.75 Å². The van der Waals surface area contributed by atoms with Crippen LogP contribution in [-0.2, 0) is 16.1 Å². The van der Waals surface area contributed by atoms with Crippen LogP contribution in [0.4, 0.5) is 0 Å². The molecule has 2 aliphatic heterocycles. The molecule has 0 aliphatic carbocycles. The molecule has 2 heterocycles. The van der Waals surface area contributed by atoms with Gasteiger partial charge in [0, 0.05) is 18.9 Å². The number of likely N-dealkylation sites (tertiary alicyclic amines) is 1. The summed E-state index contributed by atoms with van der Waals surface area (Å²) in [5.41, 5.74) is 0.815. The Morgan fingerprint density at radius 2 is 1.88 bits per heavy atom. The summed E-state index contributed by atoms with van der Waals surface area (Å²) in [7, 11) is 0. The van der Waals surface area contributed by atoms with Crippen LogP contribution < -0.4 is 9.84 Å². The number of carboxylic acids is 1. The number of benzene rings is 2. The first-order valence-corrected chi connectivity index (χ1v) is 8.34. The smallest absolute Gasteiger partial charge is 0.235 e. The molecule has 1 fully saturated rings. The number of para-hydroxylation sites is 1. The first-order chi connectivity index (χ1) is 12.0. The van der Waals surface area contributed by atoms with Gasteiger partial charge in [-0.1, -0.05) is 48.5 Å². The van der Waals surface area contributed by atoms with Crippen LogP contribution >= 0.6 is 0 Å². The number of carbonyl (C=O) groups is 2. The lowest BCUT2D eigenvalue weighted by molar-refractivity contribution is -0.313. The molecule has 2 aliphatic rings. The van der Waals surface area contributed by atoms with Gasteiger partial charge in [-0.3, -0.25) is 9.69 Å². The molecule has 25 heavy (non-hydrogen) atoms. The Bertz CT molecular complexity index is 835. The topological polar surface area (TPSA) is 69.7 Å². The largest absolute Gasteiger partial charge is 0.549 e. The van der Waals surface area contributed by atoms with Gasteiger partial charge in [0.2, 0.25) is 5.91 Å². The summed E-state index contributed by atoms with van der Waals surface area (Å²) in [6, 6.07) is 16.8. The molecular weight excluding hydrogens is 318 g/mol. The van der Waals surface area contributed by atoms with E-state index in [2.05, 4.69) is 0 Å². The zero-order valence-corrected chi connectivity index (χ0v) is 13.8. The highest BCUT2D eigenvalue weighted by atomic mass is 16.5. The van der Waals surface area contributed by atoms with E-state index in [1.807, 2.05) is 61.5 Å². The van der Waals surface area contributed by atoms with Gasteiger partial charge >= 0.3 is 0 Å². The maximum Gasteiger partial charge on any atom is 0.235 e. The molecule has 1 amide bonds. The summed E-state index contributed by atoms with van der Waals surface area (Å²) in [5, 5.41) is 11.8. The van der Waals surface area contributed by atoms with Crippen LogP contribution in [-0.4, -0.2) is 22.5 Å². The number of ether oxygens (including phenoxy) is 1. The highest BCUT2D eigenvalue weighted by Gasteiger charge is 2.54. The number of amides is 1. The van der Waals surface area contributed by atoms with E-state index in [1.54, 1.807) is 0 Å². The van der Waals surface area contributed by atoms with Crippen molar-refractivity contribution >= 4 is 11.9 Å². The van der Waals surface area contributed by atoms with Crippen molar-refractivity contribution in [2.75, 3.05) is 0 Å². The second-order valence-corrected chi connectivity index (χ2v) is 6.83. The fraction of sp³-hybridized carbons (Fsp3) is 0.300. The molecule has 2 aromatic rings. The molecule has 0 spiro atoms. The number of hydrogen-bond acceptors (Lipinski definition) is 4. The molecule has 0 aromatic heterocycles. The lowest BCUT2D eigenvalue weighted by atomic mass is 9.73. The molecule has 2 aromatic carbocycles. The van der Waals surface area contributed by atoms with Gasteiger partial charge in [0.15, 0.2) is 5.72 Å². The molecule has 0 unspecified atom stereocenters. The Morgan fingerprint density at radius 1 is 1.20 bits per heavy atom. The summed E-state index contributed by atoms with van der Waals surface area (Å²) < 4.78 is 6.17. The number of aliphatic carboxylic acids is 1. The zero-order chi connectivity index (χ0) is 17.6. The summed E-state index contributed by atoms with van der Waals surface area (Å²) in [6.45, 7) is 2.15. The van der Waals surface area contributed by atoms with Crippen LogP contribution in [0.1, 0.15) is 30.4 Å².